The van der Waals surface area contributed by atoms with Crippen LogP contribution in [0.4, 0.5) is 5.69 Å². The summed E-state index contributed by atoms with van der Waals surface area (Å²) in [6, 6.07) is 6.71. The van der Waals surface area contributed by atoms with Crippen molar-refractivity contribution >= 4 is 17.3 Å². The molecule has 3 nitrogen and oxygen atoms in total. The molecule has 19 heavy (non-hydrogen) atoms. The Morgan fingerprint density at radius 1 is 1.53 bits per heavy atom. The second-order valence-electron chi connectivity index (χ2n) is 5.28. The van der Waals surface area contributed by atoms with Gasteiger partial charge in [-0.2, -0.15) is 0 Å². The summed E-state index contributed by atoms with van der Waals surface area (Å²) in [5.74, 6) is 0. The molecule has 106 valence electrons. The van der Waals surface area contributed by atoms with Crippen LogP contribution >= 0.6 is 11.6 Å². The molecule has 2 N–H and O–H groups in total. The molecule has 0 bridgehead atoms. The minimum Gasteiger partial charge on any atom is -0.377 e. The number of hydrogen-bond donors (Lipinski definition) is 1. The maximum Gasteiger partial charge on any atom is 0.0670 e. The van der Waals surface area contributed by atoms with Crippen LogP contribution in [0, 0.1) is 0 Å². The summed E-state index contributed by atoms with van der Waals surface area (Å²) in [5, 5.41) is 0.778. The number of halogens is 1. The third-order valence-corrected chi connectivity index (χ3v) is 3.83. The smallest absolute Gasteiger partial charge is 0.0670 e. The largest absolute Gasteiger partial charge is 0.377 e. The fourth-order valence-electron chi connectivity index (χ4n) is 2.65. The van der Waals surface area contributed by atoms with Crippen molar-refractivity contribution in [3.63, 3.8) is 0 Å². The topological polar surface area (TPSA) is 38.5 Å². The van der Waals surface area contributed by atoms with E-state index in [4.69, 9.17) is 22.1 Å². The van der Waals surface area contributed by atoms with Crippen LogP contribution in [-0.2, 0) is 11.2 Å². The van der Waals surface area contributed by atoms with Gasteiger partial charge >= 0.3 is 0 Å². The third kappa shape index (κ3) is 3.62. The van der Waals surface area contributed by atoms with E-state index in [1.165, 1.54) is 11.3 Å². The lowest BCUT2D eigenvalue weighted by Crippen LogP contribution is -2.45. The maximum atomic E-state index is 6.13. The van der Waals surface area contributed by atoms with Gasteiger partial charge < -0.3 is 15.4 Å². The monoisotopic (exact) mass is 282 g/mol. The number of nitrogens with zero attached hydrogens (tertiary/aromatic N) is 1. The van der Waals surface area contributed by atoms with Gasteiger partial charge in [-0.15, -0.1) is 0 Å². The molecule has 0 aromatic heterocycles. The molecule has 0 aliphatic carbocycles. The summed E-state index contributed by atoms with van der Waals surface area (Å²) in [6.45, 7) is 6.76. The Bertz CT molecular complexity index is 423. The first-order chi connectivity index (χ1) is 9.11. The molecule has 2 rings (SSSR count). The van der Waals surface area contributed by atoms with Gasteiger partial charge in [0.1, 0.15) is 0 Å². The zero-order chi connectivity index (χ0) is 13.8. The molecule has 0 saturated carbocycles. The molecule has 1 aromatic carbocycles. The second kappa shape index (κ2) is 6.60. The predicted octanol–water partition coefficient (Wildman–Crippen LogP) is 2.84. The molecule has 1 fully saturated rings. The van der Waals surface area contributed by atoms with Gasteiger partial charge in [-0.25, -0.2) is 0 Å². The summed E-state index contributed by atoms with van der Waals surface area (Å²) in [6.07, 6.45) is 1.93. The molecule has 0 spiro atoms. The summed E-state index contributed by atoms with van der Waals surface area (Å²) in [4.78, 5) is 2.44. The Morgan fingerprint density at radius 3 is 3.00 bits per heavy atom. The zero-order valence-corrected chi connectivity index (χ0v) is 12.5. The molecule has 4 heteroatoms. The van der Waals surface area contributed by atoms with Crippen LogP contribution in [0.2, 0.25) is 5.02 Å². The highest BCUT2D eigenvalue weighted by molar-refractivity contribution is 6.30. The van der Waals surface area contributed by atoms with Crippen LogP contribution in [0.25, 0.3) is 0 Å². The zero-order valence-electron chi connectivity index (χ0n) is 11.7. The lowest BCUT2D eigenvalue weighted by atomic mass is 10.0. The third-order valence-electron chi connectivity index (χ3n) is 3.59. The van der Waals surface area contributed by atoms with Crippen molar-refractivity contribution in [1.29, 1.82) is 0 Å². The molecule has 2 atom stereocenters. The Hall–Kier alpha value is -0.770. The summed E-state index contributed by atoms with van der Waals surface area (Å²) in [7, 11) is 0. The molecular weight excluding hydrogens is 260 g/mol. The van der Waals surface area contributed by atoms with Gasteiger partial charge in [-0.3, -0.25) is 0 Å². The lowest BCUT2D eigenvalue weighted by molar-refractivity contribution is 0.0929. The van der Waals surface area contributed by atoms with E-state index in [9.17, 15) is 0 Å². The van der Waals surface area contributed by atoms with Crippen molar-refractivity contribution in [2.24, 2.45) is 5.73 Å². The van der Waals surface area contributed by atoms with Gasteiger partial charge in [-0.05, 0) is 43.5 Å². The van der Waals surface area contributed by atoms with Crippen molar-refractivity contribution in [2.75, 3.05) is 24.7 Å². The van der Waals surface area contributed by atoms with Crippen LogP contribution in [-0.4, -0.2) is 31.8 Å². The van der Waals surface area contributed by atoms with Crippen molar-refractivity contribution in [1.82, 2.24) is 0 Å². The lowest BCUT2D eigenvalue weighted by Gasteiger charge is -2.38. The number of rotatable bonds is 4. The Morgan fingerprint density at radius 2 is 2.32 bits per heavy atom. The molecule has 1 aliphatic heterocycles. The number of nitrogens with two attached hydrogens (primary N) is 1. The van der Waals surface area contributed by atoms with E-state index < -0.39 is 0 Å². The van der Waals surface area contributed by atoms with Gasteiger partial charge in [0.2, 0.25) is 0 Å². The van der Waals surface area contributed by atoms with Crippen molar-refractivity contribution in [3.05, 3.63) is 28.8 Å². The van der Waals surface area contributed by atoms with Gasteiger partial charge in [0, 0.05) is 23.3 Å². The quantitative estimate of drug-likeness (QED) is 0.923. The first kappa shape index (κ1) is 14.6. The average molecular weight is 283 g/mol. The molecule has 1 aliphatic rings. The van der Waals surface area contributed by atoms with Crippen molar-refractivity contribution in [2.45, 2.75) is 38.8 Å². The second-order valence-corrected chi connectivity index (χ2v) is 5.72. The van der Waals surface area contributed by atoms with E-state index in [0.717, 1.165) is 37.6 Å². The van der Waals surface area contributed by atoms with Crippen LogP contribution in [0.3, 0.4) is 0 Å². The fourth-order valence-corrected chi connectivity index (χ4v) is 2.85. The Labute approximate surface area is 120 Å². The highest BCUT2D eigenvalue weighted by Gasteiger charge is 2.23. The standard InChI is InChI=1S/C15H23ClN2O/c1-3-14-10-19-7-6-18(14)15-5-4-13(16)9-12(15)8-11(2)17/h4-5,9,11,14H,3,6-8,10,17H2,1-2H3. The number of morpholine rings is 1. The first-order valence-electron chi connectivity index (χ1n) is 7.00. The van der Waals surface area contributed by atoms with Crippen molar-refractivity contribution < 1.29 is 4.74 Å². The van der Waals surface area contributed by atoms with E-state index in [1.807, 2.05) is 19.1 Å². The van der Waals surface area contributed by atoms with Gasteiger partial charge in [0.25, 0.3) is 0 Å². The summed E-state index contributed by atoms with van der Waals surface area (Å²) in [5.41, 5.74) is 8.45. The van der Waals surface area contributed by atoms with E-state index in [2.05, 4.69) is 17.9 Å². The van der Waals surface area contributed by atoms with Crippen LogP contribution in [0.5, 0.6) is 0 Å². The molecule has 1 aromatic rings. The highest BCUT2D eigenvalue weighted by atomic mass is 35.5. The maximum absolute atomic E-state index is 6.13. The number of ether oxygens (including phenoxy) is 1. The molecule has 1 heterocycles. The van der Waals surface area contributed by atoms with E-state index in [0.29, 0.717) is 6.04 Å². The highest BCUT2D eigenvalue weighted by Crippen LogP contribution is 2.29. The van der Waals surface area contributed by atoms with Crippen LogP contribution < -0.4 is 10.6 Å². The minimum absolute atomic E-state index is 0.137. The Balaban J connectivity index is 2.31. The van der Waals surface area contributed by atoms with Crippen LogP contribution in [0.1, 0.15) is 25.8 Å². The van der Waals surface area contributed by atoms with E-state index >= 15 is 0 Å². The Kier molecular flexibility index (Phi) is 5.08. The fraction of sp³-hybridized carbons (Fsp3) is 0.600. The van der Waals surface area contributed by atoms with E-state index in [1.54, 1.807) is 0 Å². The SMILES string of the molecule is CCC1COCCN1c1ccc(Cl)cc1CC(C)N. The summed E-state index contributed by atoms with van der Waals surface area (Å²) < 4.78 is 5.58. The van der Waals surface area contributed by atoms with Gasteiger partial charge in [0.15, 0.2) is 0 Å². The van der Waals surface area contributed by atoms with Crippen molar-refractivity contribution in [3.8, 4) is 0 Å². The molecule has 0 radical (unpaired) electrons. The number of hydrogen-bond acceptors (Lipinski definition) is 3. The van der Waals surface area contributed by atoms with Gasteiger partial charge in [-0.1, -0.05) is 18.5 Å². The van der Waals surface area contributed by atoms with Crippen LogP contribution in [0.15, 0.2) is 18.2 Å². The molecule has 0 amide bonds. The first-order valence-corrected chi connectivity index (χ1v) is 7.38. The molecule has 2 unspecified atom stereocenters. The molecular formula is C15H23ClN2O. The average Bonchev–Trinajstić information content (AvgIpc) is 2.38. The normalized spacial score (nSPS) is 21.5. The van der Waals surface area contributed by atoms with Gasteiger partial charge in [0.05, 0.1) is 19.3 Å². The number of anilines is 1. The number of benzene rings is 1. The van der Waals surface area contributed by atoms with E-state index in [-0.39, 0.29) is 6.04 Å². The predicted molar refractivity (Wildman–Crippen MR) is 81.0 cm³/mol. The summed E-state index contributed by atoms with van der Waals surface area (Å²) >= 11 is 6.13. The minimum atomic E-state index is 0.137. The molecule has 1 saturated heterocycles.